The van der Waals surface area contributed by atoms with E-state index in [0.29, 0.717) is 13.1 Å². The van der Waals surface area contributed by atoms with E-state index in [-0.39, 0.29) is 0 Å². The van der Waals surface area contributed by atoms with E-state index in [1.165, 1.54) is 0 Å². The molecule has 2 N–H and O–H groups in total. The maximum Gasteiger partial charge on any atom is 0.126 e. The van der Waals surface area contributed by atoms with E-state index in [0.717, 1.165) is 15.9 Å². The molecule has 0 amide bonds. The number of pyridine rings is 1. The first-order valence-corrected chi connectivity index (χ1v) is 6.32. The van der Waals surface area contributed by atoms with Gasteiger partial charge in [-0.1, -0.05) is 0 Å². The fourth-order valence-corrected chi connectivity index (χ4v) is 1.87. The van der Waals surface area contributed by atoms with Crippen LogP contribution in [0.5, 0.6) is 0 Å². The monoisotopic (exact) mass is 301 g/mol. The molecule has 0 aliphatic carbocycles. The molecule has 1 aromatic heterocycles. The number of likely N-dealkylation sites (N-methyl/N-ethyl adjacent to an activating group) is 1. The van der Waals surface area contributed by atoms with Crippen LogP contribution in [-0.2, 0) is 0 Å². The Morgan fingerprint density at radius 2 is 2.18 bits per heavy atom. The van der Waals surface area contributed by atoms with Crippen LogP contribution in [0.25, 0.3) is 0 Å². The van der Waals surface area contributed by atoms with Gasteiger partial charge in [-0.3, -0.25) is 0 Å². The molecule has 0 aromatic carbocycles. The smallest absolute Gasteiger partial charge is 0.126 e. The van der Waals surface area contributed by atoms with Gasteiger partial charge < -0.3 is 15.3 Å². The summed E-state index contributed by atoms with van der Waals surface area (Å²) < 4.78 is 0.989. The number of nitrogens with zero attached hydrogens (tertiary/aromatic N) is 2. The highest BCUT2D eigenvalue weighted by Gasteiger charge is 2.21. The Morgan fingerprint density at radius 3 is 2.71 bits per heavy atom. The average molecular weight is 302 g/mol. The predicted octanol–water partition coefficient (Wildman–Crippen LogP) is 1.88. The summed E-state index contributed by atoms with van der Waals surface area (Å²) in [5.74, 6) is 0.782. The van der Waals surface area contributed by atoms with Crippen molar-refractivity contribution >= 4 is 21.7 Å². The van der Waals surface area contributed by atoms with Crippen LogP contribution in [0.2, 0.25) is 0 Å². The second kappa shape index (κ2) is 5.80. The number of hydrogen-bond acceptors (Lipinski definition) is 4. The minimum Gasteiger partial charge on any atom is -0.387 e. The van der Waals surface area contributed by atoms with Crippen molar-refractivity contribution < 1.29 is 5.11 Å². The quantitative estimate of drug-likeness (QED) is 0.872. The second-order valence-electron chi connectivity index (χ2n) is 4.91. The molecule has 0 bridgehead atoms. The molecule has 0 aliphatic heterocycles. The summed E-state index contributed by atoms with van der Waals surface area (Å²) >= 11 is 3.41. The summed E-state index contributed by atoms with van der Waals surface area (Å²) in [6.07, 6.45) is 1.76. The molecule has 1 atom stereocenters. The Labute approximate surface area is 111 Å². The van der Waals surface area contributed by atoms with E-state index in [2.05, 4.69) is 26.2 Å². The van der Waals surface area contributed by atoms with Crippen LogP contribution >= 0.6 is 15.9 Å². The van der Waals surface area contributed by atoms with Crippen molar-refractivity contribution in [2.24, 2.45) is 0 Å². The molecule has 17 heavy (non-hydrogen) atoms. The number of rotatable bonds is 5. The van der Waals surface area contributed by atoms with E-state index in [1.807, 2.05) is 38.9 Å². The number of halogens is 1. The Kier molecular flexibility index (Phi) is 4.91. The van der Waals surface area contributed by atoms with Crippen molar-refractivity contribution in [3.63, 3.8) is 0 Å². The van der Waals surface area contributed by atoms with Gasteiger partial charge in [-0.15, -0.1) is 0 Å². The fourth-order valence-electron chi connectivity index (χ4n) is 1.65. The highest BCUT2D eigenvalue weighted by Crippen LogP contribution is 2.17. The van der Waals surface area contributed by atoms with Gasteiger partial charge in [0.1, 0.15) is 5.82 Å². The summed E-state index contributed by atoms with van der Waals surface area (Å²) in [4.78, 5) is 6.20. The summed E-state index contributed by atoms with van der Waals surface area (Å²) in [6, 6.07) is 1.95. The number of anilines is 1. The van der Waals surface area contributed by atoms with Gasteiger partial charge in [0.15, 0.2) is 0 Å². The molecule has 1 unspecified atom stereocenters. The van der Waals surface area contributed by atoms with E-state index in [1.54, 1.807) is 6.20 Å². The lowest BCUT2D eigenvalue weighted by Gasteiger charge is -2.27. The van der Waals surface area contributed by atoms with Gasteiger partial charge in [-0.05, 0) is 55.5 Å². The van der Waals surface area contributed by atoms with E-state index in [9.17, 15) is 5.11 Å². The molecule has 1 heterocycles. The average Bonchev–Trinajstić information content (AvgIpc) is 2.18. The third kappa shape index (κ3) is 5.02. The number of hydrogen-bond donors (Lipinski definition) is 2. The van der Waals surface area contributed by atoms with Crippen molar-refractivity contribution in [1.29, 1.82) is 0 Å². The molecule has 0 saturated carbocycles. The van der Waals surface area contributed by atoms with Crippen LogP contribution in [0.15, 0.2) is 16.7 Å². The molecule has 4 nitrogen and oxygen atoms in total. The van der Waals surface area contributed by atoms with Gasteiger partial charge in [-0.2, -0.15) is 0 Å². The molecule has 96 valence electrons. The minimum atomic E-state index is -0.772. The van der Waals surface area contributed by atoms with Crippen LogP contribution in [0.3, 0.4) is 0 Å². The molecule has 0 fully saturated rings. The predicted molar refractivity (Wildman–Crippen MR) is 74.3 cm³/mol. The summed E-state index contributed by atoms with van der Waals surface area (Å²) in [7, 11) is 3.88. The van der Waals surface area contributed by atoms with Gasteiger partial charge in [0.05, 0.1) is 5.60 Å². The second-order valence-corrected chi connectivity index (χ2v) is 5.76. The third-order valence-electron chi connectivity index (χ3n) is 2.35. The van der Waals surface area contributed by atoms with E-state index >= 15 is 0 Å². The largest absolute Gasteiger partial charge is 0.387 e. The normalized spacial score (nSPS) is 14.8. The van der Waals surface area contributed by atoms with Gasteiger partial charge in [0.2, 0.25) is 0 Å². The van der Waals surface area contributed by atoms with Crippen LogP contribution in [-0.4, -0.2) is 47.8 Å². The number of aryl methyl sites for hydroxylation is 1. The minimum absolute atomic E-state index is 0.471. The maximum atomic E-state index is 10.1. The number of aromatic nitrogens is 1. The van der Waals surface area contributed by atoms with Crippen LogP contribution in [0.1, 0.15) is 12.5 Å². The zero-order valence-electron chi connectivity index (χ0n) is 10.8. The van der Waals surface area contributed by atoms with E-state index in [4.69, 9.17) is 0 Å². The van der Waals surface area contributed by atoms with Gasteiger partial charge in [0.25, 0.3) is 0 Å². The molecular formula is C12H20BrN3O. The summed E-state index contributed by atoms with van der Waals surface area (Å²) in [5.41, 5.74) is 0.348. The first kappa shape index (κ1) is 14.4. The van der Waals surface area contributed by atoms with Crippen molar-refractivity contribution in [1.82, 2.24) is 9.88 Å². The molecule has 1 rings (SSSR count). The molecule has 0 spiro atoms. The lowest BCUT2D eigenvalue weighted by molar-refractivity contribution is 0.0459. The van der Waals surface area contributed by atoms with Gasteiger partial charge in [0, 0.05) is 23.8 Å². The Morgan fingerprint density at radius 1 is 1.53 bits per heavy atom. The highest BCUT2D eigenvalue weighted by molar-refractivity contribution is 9.10. The molecule has 0 saturated heterocycles. The standard InChI is InChI=1S/C12H20BrN3O/c1-9-5-11(14-6-10(9)13)15-7-12(2,17)8-16(3)4/h5-6,17H,7-8H2,1-4H3,(H,14,15). The summed E-state index contributed by atoms with van der Waals surface area (Å²) in [5, 5.41) is 13.3. The molecular weight excluding hydrogens is 282 g/mol. The van der Waals surface area contributed by atoms with Crippen molar-refractivity contribution in [2.45, 2.75) is 19.4 Å². The third-order valence-corrected chi connectivity index (χ3v) is 3.18. The van der Waals surface area contributed by atoms with Crippen molar-refractivity contribution in [3.8, 4) is 0 Å². The zero-order valence-corrected chi connectivity index (χ0v) is 12.4. The molecule has 1 aromatic rings. The summed E-state index contributed by atoms with van der Waals surface area (Å²) in [6.45, 7) is 4.90. The highest BCUT2D eigenvalue weighted by atomic mass is 79.9. The van der Waals surface area contributed by atoms with Crippen molar-refractivity contribution in [2.75, 3.05) is 32.5 Å². The number of nitrogens with one attached hydrogen (secondary N) is 1. The van der Waals surface area contributed by atoms with E-state index < -0.39 is 5.60 Å². The van der Waals surface area contributed by atoms with Crippen molar-refractivity contribution in [3.05, 3.63) is 22.3 Å². The van der Waals surface area contributed by atoms with Gasteiger partial charge in [-0.25, -0.2) is 4.98 Å². The Hall–Kier alpha value is -0.650. The maximum absolute atomic E-state index is 10.1. The topological polar surface area (TPSA) is 48.4 Å². The Balaban J connectivity index is 2.58. The van der Waals surface area contributed by atoms with Crippen LogP contribution in [0.4, 0.5) is 5.82 Å². The molecule has 5 heteroatoms. The van der Waals surface area contributed by atoms with Crippen LogP contribution in [0, 0.1) is 6.92 Å². The molecule has 0 aliphatic rings. The lowest BCUT2D eigenvalue weighted by Crippen LogP contribution is -2.43. The Bertz CT molecular complexity index is 380. The zero-order chi connectivity index (χ0) is 13.1. The first-order valence-electron chi connectivity index (χ1n) is 5.53. The molecule has 0 radical (unpaired) electrons. The number of aliphatic hydroxyl groups is 1. The SMILES string of the molecule is Cc1cc(NCC(C)(O)CN(C)C)ncc1Br. The van der Waals surface area contributed by atoms with Gasteiger partial charge >= 0.3 is 0 Å². The lowest BCUT2D eigenvalue weighted by atomic mass is 10.1. The van der Waals surface area contributed by atoms with Crippen LogP contribution < -0.4 is 5.32 Å². The fraction of sp³-hybridized carbons (Fsp3) is 0.583. The first-order chi connectivity index (χ1) is 7.80.